The summed E-state index contributed by atoms with van der Waals surface area (Å²) in [7, 11) is -2.28. The topological polar surface area (TPSA) is 136 Å². The molecule has 0 bridgehead atoms. The number of hydrogen-bond donors (Lipinski definition) is 5. The molecule has 0 saturated heterocycles. The van der Waals surface area contributed by atoms with Crippen LogP contribution in [0, 0.1) is 0 Å². The molecule has 0 unspecified atom stereocenters. The summed E-state index contributed by atoms with van der Waals surface area (Å²) >= 11 is 0. The van der Waals surface area contributed by atoms with Crippen molar-refractivity contribution in [2.24, 2.45) is 0 Å². The molecule has 2 aromatic rings. The van der Waals surface area contributed by atoms with Crippen LogP contribution in [0.3, 0.4) is 0 Å². The molecule has 10 heteroatoms. The first kappa shape index (κ1) is 14.0. The molecule has 0 aliphatic carbocycles. The number of nitrogens with one attached hydrogen (secondary N) is 3. The van der Waals surface area contributed by atoms with Crippen LogP contribution in [0.2, 0.25) is 0 Å². The van der Waals surface area contributed by atoms with Crippen LogP contribution in [0.4, 0.5) is 0 Å². The van der Waals surface area contributed by atoms with Crippen molar-refractivity contribution < 1.29 is 14.3 Å². The molecule has 2 rings (SSSR count). The zero-order valence-corrected chi connectivity index (χ0v) is 10.9. The lowest BCUT2D eigenvalue weighted by atomic mass is 10.3. The predicted molar refractivity (Wildman–Crippen MR) is 68.1 cm³/mol. The third-order valence-electron chi connectivity index (χ3n) is 2.43. The second-order valence-electron chi connectivity index (χ2n) is 3.74. The van der Waals surface area contributed by atoms with E-state index in [1.165, 1.54) is 6.33 Å². The van der Waals surface area contributed by atoms with Crippen molar-refractivity contribution in [1.82, 2.24) is 25.5 Å². The fraction of sp³-hybridized carbons (Fsp3) is 0.444. The predicted octanol–water partition coefficient (Wildman–Crippen LogP) is -0.646. The van der Waals surface area contributed by atoms with Gasteiger partial charge >= 0.3 is 8.60 Å². The third-order valence-corrected chi connectivity index (χ3v) is 2.84. The molecule has 0 aromatic carbocycles. The Morgan fingerprint density at radius 2 is 2.32 bits per heavy atom. The van der Waals surface area contributed by atoms with Gasteiger partial charge in [0.25, 0.3) is 5.56 Å². The molecule has 0 spiro atoms. The van der Waals surface area contributed by atoms with Gasteiger partial charge in [-0.15, -0.1) is 0 Å². The van der Waals surface area contributed by atoms with Crippen LogP contribution in [0.25, 0.3) is 11.0 Å². The van der Waals surface area contributed by atoms with Crippen molar-refractivity contribution in [2.75, 3.05) is 13.2 Å². The monoisotopic (exact) mass is 287 g/mol. The molecule has 19 heavy (non-hydrogen) atoms. The zero-order valence-electron chi connectivity index (χ0n) is 9.96. The van der Waals surface area contributed by atoms with Gasteiger partial charge < -0.3 is 24.6 Å². The van der Waals surface area contributed by atoms with Crippen LogP contribution < -0.4 is 10.9 Å². The first-order valence-electron chi connectivity index (χ1n) is 5.60. The summed E-state index contributed by atoms with van der Waals surface area (Å²) in [5.74, 6) is 0. The maximum atomic E-state index is 11.4. The number of nitrogens with zero attached hydrogens (tertiary/aromatic N) is 2. The van der Waals surface area contributed by atoms with E-state index in [2.05, 4.69) is 30.0 Å². The van der Waals surface area contributed by atoms with Gasteiger partial charge in [-0.25, -0.2) is 4.98 Å². The Hall–Kier alpha value is -1.38. The lowest BCUT2D eigenvalue weighted by Gasteiger charge is -2.04. The molecule has 0 radical (unpaired) electrons. The molecule has 9 nitrogen and oxygen atoms in total. The molecule has 104 valence electrons. The van der Waals surface area contributed by atoms with Crippen molar-refractivity contribution in [1.29, 1.82) is 0 Å². The molecule has 0 amide bonds. The highest BCUT2D eigenvalue weighted by Gasteiger charge is 2.08. The Morgan fingerprint density at radius 1 is 1.47 bits per heavy atom. The first-order valence-corrected chi connectivity index (χ1v) is 6.77. The number of aromatic nitrogens is 4. The Bertz CT molecular complexity index is 583. The normalized spacial score (nSPS) is 11.5. The second-order valence-corrected chi connectivity index (χ2v) is 4.51. The first-order chi connectivity index (χ1) is 9.18. The smallest absolute Gasteiger partial charge is 0.327 e. The summed E-state index contributed by atoms with van der Waals surface area (Å²) in [6.45, 7) is 1.36. The van der Waals surface area contributed by atoms with E-state index in [1.54, 1.807) is 0 Å². The molecule has 2 heterocycles. The zero-order chi connectivity index (χ0) is 13.7. The largest absolute Gasteiger partial charge is 0.328 e. The van der Waals surface area contributed by atoms with Crippen LogP contribution in [-0.4, -0.2) is 43.1 Å². The Labute approximate surface area is 109 Å². The van der Waals surface area contributed by atoms with Crippen molar-refractivity contribution in [3.05, 3.63) is 22.4 Å². The van der Waals surface area contributed by atoms with Gasteiger partial charge in [-0.3, -0.25) is 9.89 Å². The van der Waals surface area contributed by atoms with Crippen LogP contribution in [0.15, 0.2) is 11.1 Å². The van der Waals surface area contributed by atoms with Gasteiger partial charge in [-0.2, -0.15) is 5.10 Å². The Balaban J connectivity index is 1.82. The van der Waals surface area contributed by atoms with Crippen LogP contribution in [0.5, 0.6) is 0 Å². The van der Waals surface area contributed by atoms with E-state index >= 15 is 0 Å². The van der Waals surface area contributed by atoms with Crippen molar-refractivity contribution in [2.45, 2.75) is 13.0 Å². The van der Waals surface area contributed by atoms with Gasteiger partial charge in [0.15, 0.2) is 0 Å². The van der Waals surface area contributed by atoms with Gasteiger partial charge in [-0.05, 0) is 13.0 Å². The summed E-state index contributed by atoms with van der Waals surface area (Å²) in [4.78, 5) is 35.0. The van der Waals surface area contributed by atoms with E-state index in [0.29, 0.717) is 36.2 Å². The SMILES string of the molecule is O=c1[nH]cnc2c(CNCCCOP(O)O)n[nH]c12. The van der Waals surface area contributed by atoms with Crippen LogP contribution in [-0.2, 0) is 11.1 Å². The number of fused-ring (bicyclic) bond motifs is 1. The number of H-pyrrole nitrogens is 2. The number of rotatable bonds is 7. The van der Waals surface area contributed by atoms with Crippen molar-refractivity contribution in [3.8, 4) is 0 Å². The van der Waals surface area contributed by atoms with Crippen LogP contribution >= 0.6 is 8.60 Å². The molecule has 0 atom stereocenters. The number of aromatic amines is 2. The minimum atomic E-state index is -2.28. The Morgan fingerprint density at radius 3 is 3.11 bits per heavy atom. The maximum Gasteiger partial charge on any atom is 0.327 e. The summed E-state index contributed by atoms with van der Waals surface area (Å²) in [6, 6.07) is 0. The summed E-state index contributed by atoms with van der Waals surface area (Å²) in [5.41, 5.74) is 1.31. The number of hydrogen-bond acceptors (Lipinski definition) is 7. The molecule has 0 aliphatic rings. The van der Waals surface area contributed by atoms with E-state index in [9.17, 15) is 4.79 Å². The molecular weight excluding hydrogens is 273 g/mol. The highest BCUT2D eigenvalue weighted by atomic mass is 31.2. The molecule has 5 N–H and O–H groups in total. The minimum Gasteiger partial charge on any atom is -0.328 e. The van der Waals surface area contributed by atoms with Crippen molar-refractivity contribution in [3.63, 3.8) is 0 Å². The standard InChI is InChI=1S/C9H14N5O4P/c15-9-8-7(11-5-12-9)6(13-14-8)4-10-2-1-3-18-19(16)17/h5,10,16-17H,1-4H2,(H,13,14)(H,11,12,15). The molecule has 0 aliphatic heterocycles. The van der Waals surface area contributed by atoms with Gasteiger partial charge in [0.2, 0.25) is 0 Å². The average molecular weight is 287 g/mol. The lowest BCUT2D eigenvalue weighted by Crippen LogP contribution is -2.16. The molecular formula is C9H14N5O4P. The lowest BCUT2D eigenvalue weighted by molar-refractivity contribution is 0.250. The van der Waals surface area contributed by atoms with E-state index in [4.69, 9.17) is 9.79 Å². The third kappa shape index (κ3) is 3.79. The van der Waals surface area contributed by atoms with Gasteiger partial charge in [0, 0.05) is 6.54 Å². The van der Waals surface area contributed by atoms with E-state index in [0.717, 1.165) is 0 Å². The molecule has 2 aromatic heterocycles. The van der Waals surface area contributed by atoms with Gasteiger partial charge in [-0.1, -0.05) is 0 Å². The van der Waals surface area contributed by atoms with E-state index < -0.39 is 8.60 Å². The van der Waals surface area contributed by atoms with Crippen LogP contribution in [0.1, 0.15) is 12.1 Å². The minimum absolute atomic E-state index is 0.253. The summed E-state index contributed by atoms with van der Waals surface area (Å²) in [5, 5.41) is 9.77. The highest BCUT2D eigenvalue weighted by Crippen LogP contribution is 2.23. The summed E-state index contributed by atoms with van der Waals surface area (Å²) in [6.07, 6.45) is 1.97. The fourth-order valence-electron chi connectivity index (χ4n) is 1.57. The fourth-order valence-corrected chi connectivity index (χ4v) is 1.86. The van der Waals surface area contributed by atoms with E-state index in [1.807, 2.05) is 0 Å². The average Bonchev–Trinajstić information content (AvgIpc) is 2.78. The van der Waals surface area contributed by atoms with Gasteiger partial charge in [0.1, 0.15) is 16.7 Å². The van der Waals surface area contributed by atoms with Crippen molar-refractivity contribution >= 4 is 19.6 Å². The second kappa shape index (κ2) is 6.69. The molecule has 0 fully saturated rings. The Kier molecular flexibility index (Phi) is 4.94. The highest BCUT2D eigenvalue weighted by molar-refractivity contribution is 7.39. The maximum absolute atomic E-state index is 11.4. The van der Waals surface area contributed by atoms with Gasteiger partial charge in [0.05, 0.1) is 12.9 Å². The van der Waals surface area contributed by atoms with E-state index in [-0.39, 0.29) is 12.2 Å². The molecule has 0 saturated carbocycles. The quantitative estimate of drug-likeness (QED) is 0.337. The summed E-state index contributed by atoms with van der Waals surface area (Å²) < 4.78 is 4.62.